The number of hydrogen-bond donors (Lipinski definition) is 1. The molecule has 0 aliphatic carbocycles. The highest BCUT2D eigenvalue weighted by Crippen LogP contribution is 2.16. The van der Waals surface area contributed by atoms with E-state index in [2.05, 4.69) is 32.0 Å². The Morgan fingerprint density at radius 3 is 2.00 bits per heavy atom. The summed E-state index contributed by atoms with van der Waals surface area (Å²) in [4.78, 5) is 0. The molecule has 1 rings (SSSR count). The van der Waals surface area contributed by atoms with Crippen molar-refractivity contribution in [3.63, 3.8) is 0 Å². The van der Waals surface area contributed by atoms with Gasteiger partial charge in [-0.05, 0) is 49.8 Å². The highest BCUT2D eigenvalue weighted by Gasteiger charge is 2.00. The fourth-order valence-corrected chi connectivity index (χ4v) is 2.57. The molecule has 0 spiro atoms. The van der Waals surface area contributed by atoms with E-state index >= 15 is 0 Å². The van der Waals surface area contributed by atoms with Gasteiger partial charge < -0.3 is 5.11 Å². The van der Waals surface area contributed by atoms with Gasteiger partial charge in [-0.3, -0.25) is 0 Å². The molecule has 0 saturated carbocycles. The number of aliphatic hydroxyl groups excluding tert-OH is 1. The minimum atomic E-state index is 0.357. The van der Waals surface area contributed by atoms with Crippen LogP contribution < -0.4 is 0 Å². The average molecular weight is 262 g/mol. The summed E-state index contributed by atoms with van der Waals surface area (Å²) < 4.78 is 0. The van der Waals surface area contributed by atoms with Crippen molar-refractivity contribution in [2.45, 2.75) is 71.6 Å². The van der Waals surface area contributed by atoms with Crippen molar-refractivity contribution >= 4 is 0 Å². The lowest BCUT2D eigenvalue weighted by Crippen LogP contribution is -1.92. The van der Waals surface area contributed by atoms with Crippen molar-refractivity contribution in [2.75, 3.05) is 6.61 Å². The number of benzene rings is 1. The van der Waals surface area contributed by atoms with Gasteiger partial charge in [0, 0.05) is 6.61 Å². The zero-order valence-corrected chi connectivity index (χ0v) is 12.8. The first kappa shape index (κ1) is 16.2. The van der Waals surface area contributed by atoms with Gasteiger partial charge in [-0.25, -0.2) is 0 Å². The number of rotatable bonds is 10. The Hall–Kier alpha value is -0.820. The van der Waals surface area contributed by atoms with Gasteiger partial charge in [0.05, 0.1) is 0 Å². The van der Waals surface area contributed by atoms with Gasteiger partial charge in [0.15, 0.2) is 0 Å². The van der Waals surface area contributed by atoms with Crippen LogP contribution in [0.5, 0.6) is 0 Å². The lowest BCUT2D eigenvalue weighted by Gasteiger charge is -2.08. The van der Waals surface area contributed by atoms with Crippen LogP contribution >= 0.6 is 0 Å². The summed E-state index contributed by atoms with van der Waals surface area (Å²) in [5, 5.41) is 8.69. The molecule has 0 fully saturated rings. The SMILES string of the molecule is Cc1cccc(CCCCCCCCCCO)c1C. The van der Waals surface area contributed by atoms with E-state index in [0.29, 0.717) is 6.61 Å². The second kappa shape index (κ2) is 10.0. The Morgan fingerprint density at radius 2 is 1.37 bits per heavy atom. The Bertz CT molecular complexity index is 344. The van der Waals surface area contributed by atoms with Crippen molar-refractivity contribution in [3.05, 3.63) is 34.9 Å². The Kier molecular flexibility index (Phi) is 8.57. The quantitative estimate of drug-likeness (QED) is 0.591. The summed E-state index contributed by atoms with van der Waals surface area (Å²) in [5.41, 5.74) is 4.43. The fourth-order valence-electron chi connectivity index (χ4n) is 2.57. The van der Waals surface area contributed by atoms with E-state index in [1.54, 1.807) is 0 Å². The smallest absolute Gasteiger partial charge is 0.0431 e. The highest BCUT2D eigenvalue weighted by atomic mass is 16.2. The van der Waals surface area contributed by atoms with E-state index in [0.717, 1.165) is 6.42 Å². The molecule has 19 heavy (non-hydrogen) atoms. The molecule has 0 heterocycles. The Morgan fingerprint density at radius 1 is 0.789 bits per heavy atom. The molecule has 1 heteroatoms. The van der Waals surface area contributed by atoms with Crippen LogP contribution in [0.2, 0.25) is 0 Å². The predicted molar refractivity (Wildman–Crippen MR) is 83.6 cm³/mol. The average Bonchev–Trinajstić information content (AvgIpc) is 2.41. The summed E-state index contributed by atoms with van der Waals surface area (Å²) in [6.45, 7) is 4.80. The van der Waals surface area contributed by atoms with E-state index in [9.17, 15) is 0 Å². The maximum absolute atomic E-state index is 8.69. The predicted octanol–water partition coefficient (Wildman–Crippen LogP) is 4.96. The maximum atomic E-state index is 8.69. The summed E-state index contributed by atoms with van der Waals surface area (Å²) >= 11 is 0. The van der Waals surface area contributed by atoms with Crippen molar-refractivity contribution in [3.8, 4) is 0 Å². The minimum Gasteiger partial charge on any atom is -0.396 e. The lowest BCUT2D eigenvalue weighted by molar-refractivity contribution is 0.282. The van der Waals surface area contributed by atoms with Crippen molar-refractivity contribution < 1.29 is 5.11 Å². The molecule has 1 aromatic carbocycles. The van der Waals surface area contributed by atoms with Gasteiger partial charge in [0.2, 0.25) is 0 Å². The van der Waals surface area contributed by atoms with E-state index in [4.69, 9.17) is 5.11 Å². The zero-order chi connectivity index (χ0) is 13.9. The van der Waals surface area contributed by atoms with Gasteiger partial charge >= 0.3 is 0 Å². The number of aryl methyl sites for hydroxylation is 2. The van der Waals surface area contributed by atoms with E-state index < -0.39 is 0 Å². The second-order valence-corrected chi connectivity index (χ2v) is 5.66. The van der Waals surface area contributed by atoms with Crippen LogP contribution in [-0.4, -0.2) is 11.7 Å². The molecule has 0 unspecified atom stereocenters. The van der Waals surface area contributed by atoms with Crippen LogP contribution in [0.3, 0.4) is 0 Å². The molecule has 0 aliphatic rings. The third kappa shape index (κ3) is 6.77. The molecular formula is C18H30O. The molecule has 1 aromatic rings. The van der Waals surface area contributed by atoms with Crippen molar-refractivity contribution in [1.29, 1.82) is 0 Å². The summed E-state index contributed by atoms with van der Waals surface area (Å²) in [5.74, 6) is 0. The third-order valence-corrected chi connectivity index (χ3v) is 4.07. The zero-order valence-electron chi connectivity index (χ0n) is 12.8. The van der Waals surface area contributed by atoms with E-state index in [-0.39, 0.29) is 0 Å². The van der Waals surface area contributed by atoms with Gasteiger partial charge in [-0.1, -0.05) is 56.7 Å². The molecule has 0 aliphatic heterocycles. The van der Waals surface area contributed by atoms with Crippen LogP contribution in [0.1, 0.15) is 68.1 Å². The van der Waals surface area contributed by atoms with Gasteiger partial charge in [-0.15, -0.1) is 0 Å². The first-order valence-corrected chi connectivity index (χ1v) is 7.91. The van der Waals surface area contributed by atoms with Crippen molar-refractivity contribution in [2.24, 2.45) is 0 Å². The molecular weight excluding hydrogens is 232 g/mol. The number of unbranched alkanes of at least 4 members (excludes halogenated alkanes) is 7. The molecule has 0 bridgehead atoms. The lowest BCUT2D eigenvalue weighted by atomic mass is 9.98. The molecule has 0 aromatic heterocycles. The normalized spacial score (nSPS) is 10.9. The largest absolute Gasteiger partial charge is 0.396 e. The Balaban J connectivity index is 2.03. The van der Waals surface area contributed by atoms with Crippen molar-refractivity contribution in [1.82, 2.24) is 0 Å². The molecule has 0 saturated heterocycles. The third-order valence-electron chi connectivity index (χ3n) is 4.07. The Labute approximate surface area is 119 Å². The van der Waals surface area contributed by atoms with Gasteiger partial charge in [0.1, 0.15) is 0 Å². The molecule has 0 atom stereocenters. The van der Waals surface area contributed by atoms with Gasteiger partial charge in [-0.2, -0.15) is 0 Å². The van der Waals surface area contributed by atoms with Crippen LogP contribution in [0.4, 0.5) is 0 Å². The molecule has 108 valence electrons. The summed E-state index contributed by atoms with van der Waals surface area (Å²) in [6, 6.07) is 6.65. The molecule has 0 amide bonds. The summed E-state index contributed by atoms with van der Waals surface area (Å²) in [6.07, 6.45) is 11.4. The maximum Gasteiger partial charge on any atom is 0.0431 e. The second-order valence-electron chi connectivity index (χ2n) is 5.66. The van der Waals surface area contributed by atoms with Crippen LogP contribution in [0.25, 0.3) is 0 Å². The van der Waals surface area contributed by atoms with E-state index in [1.165, 1.54) is 68.1 Å². The minimum absolute atomic E-state index is 0.357. The standard InChI is InChI=1S/C18H30O/c1-16-12-11-14-18(17(16)2)13-9-7-5-3-4-6-8-10-15-19/h11-12,14,19H,3-10,13,15H2,1-2H3. The molecule has 1 N–H and O–H groups in total. The monoisotopic (exact) mass is 262 g/mol. The van der Waals surface area contributed by atoms with E-state index in [1.807, 2.05) is 0 Å². The molecule has 0 radical (unpaired) electrons. The highest BCUT2D eigenvalue weighted by molar-refractivity contribution is 5.33. The van der Waals surface area contributed by atoms with Crippen LogP contribution in [-0.2, 0) is 6.42 Å². The first-order valence-electron chi connectivity index (χ1n) is 7.91. The fraction of sp³-hybridized carbons (Fsp3) is 0.667. The number of aliphatic hydroxyl groups is 1. The number of hydrogen-bond acceptors (Lipinski definition) is 1. The first-order chi connectivity index (χ1) is 9.25. The topological polar surface area (TPSA) is 20.2 Å². The molecule has 1 nitrogen and oxygen atoms in total. The van der Waals surface area contributed by atoms with Crippen LogP contribution in [0.15, 0.2) is 18.2 Å². The van der Waals surface area contributed by atoms with Gasteiger partial charge in [0.25, 0.3) is 0 Å². The summed E-state index contributed by atoms with van der Waals surface area (Å²) in [7, 11) is 0. The van der Waals surface area contributed by atoms with Crippen LogP contribution in [0, 0.1) is 13.8 Å².